The van der Waals surface area contributed by atoms with Crippen molar-refractivity contribution >= 4 is 29.0 Å². The van der Waals surface area contributed by atoms with Gasteiger partial charge in [0.25, 0.3) is 11.1 Å². The molecule has 0 bridgehead atoms. The van der Waals surface area contributed by atoms with Gasteiger partial charge in [-0.1, -0.05) is 18.6 Å². The van der Waals surface area contributed by atoms with Crippen LogP contribution in [-0.2, 0) is 4.79 Å². The van der Waals surface area contributed by atoms with Gasteiger partial charge in [-0.05, 0) is 61.5 Å². The first-order chi connectivity index (χ1) is 10.6. The number of hydrogen-bond acceptors (Lipinski definition) is 4. The summed E-state index contributed by atoms with van der Waals surface area (Å²) in [6, 6.07) is 5.86. The number of likely N-dealkylation sites (tertiary alicyclic amines) is 1. The molecule has 0 unspecified atom stereocenters. The second-order valence-electron chi connectivity index (χ2n) is 5.48. The molecule has 0 saturated carbocycles. The van der Waals surface area contributed by atoms with Crippen LogP contribution in [0.2, 0.25) is 0 Å². The van der Waals surface area contributed by atoms with Crippen molar-refractivity contribution in [2.75, 3.05) is 19.8 Å². The average Bonchev–Trinajstić information content (AvgIpc) is 2.78. The fourth-order valence-corrected chi connectivity index (χ4v) is 3.46. The molecule has 2 aliphatic rings. The molecule has 2 aliphatic heterocycles. The largest absolute Gasteiger partial charge is 0.294 e. The van der Waals surface area contributed by atoms with E-state index in [1.54, 1.807) is 18.2 Å². The maximum absolute atomic E-state index is 12.9. The lowest BCUT2D eigenvalue weighted by Gasteiger charge is -2.29. The molecule has 1 aromatic rings. The van der Waals surface area contributed by atoms with Gasteiger partial charge in [0.15, 0.2) is 0 Å². The van der Waals surface area contributed by atoms with Crippen LogP contribution >= 0.6 is 11.8 Å². The number of amides is 2. The van der Waals surface area contributed by atoms with E-state index in [1.807, 2.05) is 0 Å². The van der Waals surface area contributed by atoms with Crippen LogP contribution in [0.4, 0.5) is 9.18 Å². The van der Waals surface area contributed by atoms with Crippen LogP contribution in [0, 0.1) is 5.82 Å². The molecule has 116 valence electrons. The van der Waals surface area contributed by atoms with Gasteiger partial charge in [0, 0.05) is 0 Å². The second-order valence-corrected chi connectivity index (χ2v) is 6.47. The first-order valence-corrected chi connectivity index (χ1v) is 8.18. The monoisotopic (exact) mass is 320 g/mol. The standard InChI is InChI=1S/C16H17FN2O2S/c17-13-6-4-12(5-7-13)10-14-15(20)19(16(21)22-14)11-18-8-2-1-3-9-18/h4-7,10H,1-3,8-9,11H2/b14-10-. The zero-order chi connectivity index (χ0) is 15.5. The molecule has 3 rings (SSSR count). The van der Waals surface area contributed by atoms with Gasteiger partial charge in [-0.2, -0.15) is 0 Å². The molecule has 0 spiro atoms. The molecular weight excluding hydrogens is 303 g/mol. The highest BCUT2D eigenvalue weighted by molar-refractivity contribution is 8.18. The Balaban J connectivity index is 1.71. The van der Waals surface area contributed by atoms with Gasteiger partial charge in [-0.15, -0.1) is 0 Å². The Labute approximate surface area is 133 Å². The highest BCUT2D eigenvalue weighted by Gasteiger charge is 2.36. The van der Waals surface area contributed by atoms with E-state index < -0.39 is 0 Å². The van der Waals surface area contributed by atoms with Gasteiger partial charge in [0.2, 0.25) is 0 Å². The first-order valence-electron chi connectivity index (χ1n) is 7.37. The van der Waals surface area contributed by atoms with E-state index in [4.69, 9.17) is 0 Å². The van der Waals surface area contributed by atoms with Crippen molar-refractivity contribution in [2.45, 2.75) is 19.3 Å². The van der Waals surface area contributed by atoms with Crippen molar-refractivity contribution < 1.29 is 14.0 Å². The van der Waals surface area contributed by atoms with Crippen LogP contribution in [0.1, 0.15) is 24.8 Å². The summed E-state index contributed by atoms with van der Waals surface area (Å²) < 4.78 is 12.9. The Bertz CT molecular complexity index is 609. The maximum Gasteiger partial charge on any atom is 0.294 e. The van der Waals surface area contributed by atoms with Crippen LogP contribution < -0.4 is 0 Å². The van der Waals surface area contributed by atoms with Crippen molar-refractivity contribution in [1.29, 1.82) is 0 Å². The van der Waals surface area contributed by atoms with Gasteiger partial charge >= 0.3 is 0 Å². The third-order valence-electron chi connectivity index (χ3n) is 3.83. The fourth-order valence-electron chi connectivity index (χ4n) is 2.63. The van der Waals surface area contributed by atoms with Crippen LogP contribution in [0.25, 0.3) is 6.08 Å². The van der Waals surface area contributed by atoms with E-state index in [0.29, 0.717) is 17.1 Å². The number of piperidine rings is 1. The minimum atomic E-state index is -0.324. The van der Waals surface area contributed by atoms with Gasteiger partial charge in [0.1, 0.15) is 5.82 Å². The van der Waals surface area contributed by atoms with Crippen LogP contribution in [0.15, 0.2) is 29.2 Å². The van der Waals surface area contributed by atoms with Crippen LogP contribution in [0.3, 0.4) is 0 Å². The lowest BCUT2D eigenvalue weighted by Crippen LogP contribution is -2.42. The summed E-state index contributed by atoms with van der Waals surface area (Å²) in [7, 11) is 0. The highest BCUT2D eigenvalue weighted by Crippen LogP contribution is 2.32. The highest BCUT2D eigenvalue weighted by atomic mass is 32.2. The van der Waals surface area contributed by atoms with E-state index in [1.165, 1.54) is 23.5 Å². The number of rotatable bonds is 3. The Kier molecular flexibility index (Phi) is 4.59. The lowest BCUT2D eigenvalue weighted by molar-refractivity contribution is -0.124. The van der Waals surface area contributed by atoms with Crippen molar-refractivity contribution in [3.8, 4) is 0 Å². The molecular formula is C16H17FN2O2S. The van der Waals surface area contributed by atoms with Crippen molar-refractivity contribution in [3.63, 3.8) is 0 Å². The molecule has 0 radical (unpaired) electrons. The zero-order valence-corrected chi connectivity index (χ0v) is 12.9. The van der Waals surface area contributed by atoms with Gasteiger partial charge in [-0.25, -0.2) is 4.39 Å². The summed E-state index contributed by atoms with van der Waals surface area (Å²) in [5.41, 5.74) is 0.713. The summed E-state index contributed by atoms with van der Waals surface area (Å²) in [5.74, 6) is -0.583. The Morgan fingerprint density at radius 2 is 1.77 bits per heavy atom. The smallest absolute Gasteiger partial charge is 0.286 e. The molecule has 2 amide bonds. The van der Waals surface area contributed by atoms with Crippen LogP contribution in [-0.4, -0.2) is 40.7 Å². The molecule has 2 fully saturated rings. The van der Waals surface area contributed by atoms with E-state index in [2.05, 4.69) is 4.90 Å². The SMILES string of the molecule is O=C1S/C(=C\c2ccc(F)cc2)C(=O)N1CN1CCCCC1. The molecule has 2 saturated heterocycles. The fraction of sp³-hybridized carbons (Fsp3) is 0.375. The molecule has 0 atom stereocenters. The predicted molar refractivity (Wildman–Crippen MR) is 84.5 cm³/mol. The Hall–Kier alpha value is -1.66. The van der Waals surface area contributed by atoms with Crippen LogP contribution in [0.5, 0.6) is 0 Å². The third-order valence-corrected chi connectivity index (χ3v) is 4.74. The minimum Gasteiger partial charge on any atom is -0.286 e. The predicted octanol–water partition coefficient (Wildman–Crippen LogP) is 3.31. The molecule has 2 heterocycles. The van der Waals surface area contributed by atoms with Crippen molar-refractivity contribution in [3.05, 3.63) is 40.6 Å². The summed E-state index contributed by atoms with van der Waals surface area (Å²) in [4.78, 5) is 28.3. The molecule has 0 N–H and O–H groups in total. The first kappa shape index (κ1) is 15.2. The summed E-state index contributed by atoms with van der Waals surface area (Å²) in [5, 5.41) is -0.232. The number of thioether (sulfide) groups is 1. The minimum absolute atomic E-state index is 0.232. The summed E-state index contributed by atoms with van der Waals surface area (Å²) in [6.07, 6.45) is 5.08. The number of benzene rings is 1. The van der Waals surface area contributed by atoms with E-state index in [0.717, 1.165) is 37.7 Å². The quantitative estimate of drug-likeness (QED) is 0.801. The Morgan fingerprint density at radius 1 is 1.09 bits per heavy atom. The normalized spacial score (nSPS) is 21.9. The molecule has 6 heteroatoms. The maximum atomic E-state index is 12.9. The van der Waals surface area contributed by atoms with Gasteiger partial charge in [-0.3, -0.25) is 19.4 Å². The number of nitrogens with zero attached hydrogens (tertiary/aromatic N) is 2. The summed E-state index contributed by atoms with van der Waals surface area (Å²) in [6.45, 7) is 2.23. The van der Waals surface area contributed by atoms with Crippen molar-refractivity contribution in [1.82, 2.24) is 9.80 Å². The van der Waals surface area contributed by atoms with E-state index >= 15 is 0 Å². The number of carbonyl (C=O) groups excluding carboxylic acids is 2. The average molecular weight is 320 g/mol. The number of carbonyl (C=O) groups is 2. The number of imide groups is 1. The number of hydrogen-bond donors (Lipinski definition) is 0. The van der Waals surface area contributed by atoms with Gasteiger partial charge < -0.3 is 0 Å². The third kappa shape index (κ3) is 3.39. The summed E-state index contributed by atoms with van der Waals surface area (Å²) >= 11 is 0.948. The topological polar surface area (TPSA) is 40.6 Å². The van der Waals surface area contributed by atoms with Gasteiger partial charge in [0.05, 0.1) is 11.6 Å². The molecule has 0 aliphatic carbocycles. The molecule has 1 aromatic carbocycles. The zero-order valence-electron chi connectivity index (χ0n) is 12.1. The van der Waals surface area contributed by atoms with E-state index in [9.17, 15) is 14.0 Å². The molecule has 4 nitrogen and oxygen atoms in total. The van der Waals surface area contributed by atoms with Crippen molar-refractivity contribution in [2.24, 2.45) is 0 Å². The Morgan fingerprint density at radius 3 is 2.45 bits per heavy atom. The number of halogens is 1. The second kappa shape index (κ2) is 6.62. The van der Waals surface area contributed by atoms with E-state index in [-0.39, 0.29) is 17.0 Å². The molecule has 22 heavy (non-hydrogen) atoms. The molecule has 0 aromatic heterocycles. The lowest BCUT2D eigenvalue weighted by atomic mass is 10.1.